The van der Waals surface area contributed by atoms with Crippen LogP contribution in [0.25, 0.3) is 4.91 Å². The van der Waals surface area contributed by atoms with Crippen LogP contribution in [0.5, 0.6) is 0 Å². The van der Waals surface area contributed by atoms with Crippen molar-refractivity contribution in [2.24, 2.45) is 5.92 Å². The van der Waals surface area contributed by atoms with Crippen LogP contribution < -0.4 is 5.73 Å². The molecule has 0 spiro atoms. The Morgan fingerprint density at radius 1 is 1.57 bits per heavy atom. The van der Waals surface area contributed by atoms with Gasteiger partial charge in [-0.25, -0.2) is 9.78 Å². The Morgan fingerprint density at radius 3 is 2.81 bits per heavy atom. The van der Waals surface area contributed by atoms with E-state index in [9.17, 15) is 14.7 Å². The summed E-state index contributed by atoms with van der Waals surface area (Å²) in [6.07, 6.45) is -1.50. The molecule has 0 saturated carbocycles. The number of fused-ring (bicyclic) bond motifs is 1. The van der Waals surface area contributed by atoms with Crippen LogP contribution in [0, 0.1) is 12.8 Å². The van der Waals surface area contributed by atoms with Crippen molar-refractivity contribution in [3.63, 3.8) is 0 Å². The quantitative estimate of drug-likeness (QED) is 0.551. The average molecular weight is 329 g/mol. The fourth-order valence-electron chi connectivity index (χ4n) is 2.28. The lowest BCUT2D eigenvalue weighted by Gasteiger charge is -2.40. The summed E-state index contributed by atoms with van der Waals surface area (Å²) in [6.45, 7) is 1.46. The highest BCUT2D eigenvalue weighted by Gasteiger charge is 2.56. The van der Waals surface area contributed by atoms with Crippen LogP contribution in [-0.4, -0.2) is 44.1 Å². The van der Waals surface area contributed by atoms with E-state index in [4.69, 9.17) is 15.6 Å². The van der Waals surface area contributed by atoms with Gasteiger partial charge in [-0.05, 0) is 6.92 Å². The predicted octanol–water partition coefficient (Wildman–Crippen LogP) is 0.878. The number of thiazole rings is 1. The highest BCUT2D eigenvalue weighted by Crippen LogP contribution is 2.54. The van der Waals surface area contributed by atoms with Crippen molar-refractivity contribution < 1.29 is 24.5 Å². The molecule has 112 valence electrons. The number of anilines is 1. The van der Waals surface area contributed by atoms with Gasteiger partial charge in [0.15, 0.2) is 5.13 Å². The molecule has 10 heteroatoms. The van der Waals surface area contributed by atoms with Crippen molar-refractivity contribution in [2.75, 3.05) is 12.3 Å². The third kappa shape index (κ3) is 2.06. The number of aromatic nitrogens is 1. The zero-order valence-corrected chi connectivity index (χ0v) is 12.4. The van der Waals surface area contributed by atoms with Gasteiger partial charge in [-0.15, -0.1) is 0 Å². The Bertz CT molecular complexity index is 671. The second-order valence-corrected chi connectivity index (χ2v) is 6.63. The third-order valence-corrected chi connectivity index (χ3v) is 5.73. The summed E-state index contributed by atoms with van der Waals surface area (Å²) >= 11 is 2.48. The van der Waals surface area contributed by atoms with E-state index in [2.05, 4.69) is 4.98 Å². The summed E-state index contributed by atoms with van der Waals surface area (Å²) in [4.78, 5) is 29.3. The first-order valence-corrected chi connectivity index (χ1v) is 7.62. The predicted molar refractivity (Wildman–Crippen MR) is 76.1 cm³/mol. The van der Waals surface area contributed by atoms with Gasteiger partial charge in [0.1, 0.15) is 5.37 Å². The van der Waals surface area contributed by atoms with Crippen molar-refractivity contribution in [3.05, 3.63) is 16.5 Å². The molecule has 8 nitrogen and oxygen atoms in total. The fourth-order valence-corrected chi connectivity index (χ4v) is 4.72. The van der Waals surface area contributed by atoms with Crippen molar-refractivity contribution in [3.8, 4) is 0 Å². The molecule has 2 atom stereocenters. The molecule has 4 N–H and O–H groups in total. The fraction of sp³-hybridized carbons (Fsp3) is 0.364. The Morgan fingerprint density at radius 2 is 2.29 bits per heavy atom. The lowest BCUT2D eigenvalue weighted by Crippen LogP contribution is -2.58. The number of thioether (sulfide) groups is 1. The van der Waals surface area contributed by atoms with Crippen molar-refractivity contribution in [2.45, 2.75) is 12.3 Å². The van der Waals surface area contributed by atoms with Crippen molar-refractivity contribution in [1.82, 2.24) is 9.88 Å². The SMILES string of the molecule is Cc1nc(N)sc1C1=C(OC(=O)O)N2C(=O)[C@H](CO)[C@H]2S1. The molecule has 2 aliphatic rings. The number of carbonyl (C=O) groups is 2. The molecule has 1 saturated heterocycles. The van der Waals surface area contributed by atoms with Crippen LogP contribution >= 0.6 is 23.1 Å². The lowest BCUT2D eigenvalue weighted by molar-refractivity contribution is -0.151. The Hall–Kier alpha value is -1.78. The summed E-state index contributed by atoms with van der Waals surface area (Å²) < 4.78 is 4.78. The number of aliphatic hydroxyl groups excluding tert-OH is 1. The van der Waals surface area contributed by atoms with Gasteiger partial charge in [-0.2, -0.15) is 0 Å². The minimum atomic E-state index is -1.50. The Kier molecular flexibility index (Phi) is 3.30. The average Bonchev–Trinajstić information content (AvgIpc) is 2.87. The molecular formula is C11H11N3O5S2. The van der Waals surface area contributed by atoms with E-state index < -0.39 is 12.1 Å². The summed E-state index contributed by atoms with van der Waals surface area (Å²) in [6, 6.07) is 0. The van der Waals surface area contributed by atoms with Crippen molar-refractivity contribution in [1.29, 1.82) is 0 Å². The smallest absolute Gasteiger partial charge is 0.449 e. The minimum absolute atomic E-state index is 0.0288. The zero-order valence-electron chi connectivity index (χ0n) is 10.8. The molecule has 1 amide bonds. The number of β-lactam (4-membered cyclic amide) rings is 1. The second-order valence-electron chi connectivity index (χ2n) is 4.47. The first-order valence-electron chi connectivity index (χ1n) is 5.93. The molecule has 0 radical (unpaired) electrons. The number of nitrogens with two attached hydrogens (primary N) is 1. The summed E-state index contributed by atoms with van der Waals surface area (Å²) in [5.74, 6) is -0.930. The molecule has 0 aromatic carbocycles. The number of hydrogen-bond acceptors (Lipinski definition) is 8. The standard InChI is InChI=1S/C11H11N3O5S2/c1-3-5(21-10(12)13-3)6-8(19-11(17)18)14-7(16)4(2-15)9(14)20-6/h4,9,15H,2H2,1H3,(H2,12,13)(H,17,18)/t4-,9+/m0/s1. The molecule has 3 heterocycles. The van der Waals surface area contributed by atoms with E-state index in [0.717, 1.165) is 0 Å². The molecule has 2 aliphatic heterocycles. The van der Waals surface area contributed by atoms with Gasteiger partial charge in [0.25, 0.3) is 0 Å². The molecule has 1 fully saturated rings. The van der Waals surface area contributed by atoms with Gasteiger partial charge in [-0.3, -0.25) is 9.69 Å². The molecule has 3 rings (SSSR count). The number of rotatable bonds is 3. The number of aryl methyl sites for hydroxylation is 1. The van der Waals surface area contributed by atoms with E-state index in [0.29, 0.717) is 20.6 Å². The number of aliphatic hydroxyl groups is 1. The van der Waals surface area contributed by atoms with Gasteiger partial charge in [0.05, 0.1) is 28.0 Å². The summed E-state index contributed by atoms with van der Waals surface area (Å²) in [5, 5.41) is 18.1. The summed E-state index contributed by atoms with van der Waals surface area (Å²) in [7, 11) is 0. The number of nitrogens with zero attached hydrogens (tertiary/aromatic N) is 2. The van der Waals surface area contributed by atoms with Crippen LogP contribution in [0.4, 0.5) is 9.93 Å². The number of carbonyl (C=O) groups excluding carboxylic acids is 1. The van der Waals surface area contributed by atoms with E-state index in [1.807, 2.05) is 0 Å². The van der Waals surface area contributed by atoms with Crippen LogP contribution in [0.1, 0.15) is 10.6 Å². The van der Waals surface area contributed by atoms with E-state index in [-0.39, 0.29) is 23.8 Å². The van der Waals surface area contributed by atoms with Gasteiger partial charge in [0.2, 0.25) is 11.8 Å². The molecule has 0 unspecified atom stereocenters. The maximum atomic E-state index is 11.9. The van der Waals surface area contributed by atoms with E-state index >= 15 is 0 Å². The van der Waals surface area contributed by atoms with Gasteiger partial charge in [0, 0.05) is 0 Å². The first kappa shape index (κ1) is 14.2. The van der Waals surface area contributed by atoms with Gasteiger partial charge >= 0.3 is 6.16 Å². The van der Waals surface area contributed by atoms with Crippen LogP contribution in [0.2, 0.25) is 0 Å². The van der Waals surface area contributed by atoms with Crippen molar-refractivity contribution >= 4 is 45.2 Å². The molecule has 0 bridgehead atoms. The van der Waals surface area contributed by atoms with Crippen LogP contribution in [0.15, 0.2) is 5.88 Å². The maximum Gasteiger partial charge on any atom is 0.512 e. The number of nitrogen functional groups attached to an aromatic ring is 1. The van der Waals surface area contributed by atoms with E-state index in [1.54, 1.807) is 6.92 Å². The molecule has 21 heavy (non-hydrogen) atoms. The van der Waals surface area contributed by atoms with E-state index in [1.165, 1.54) is 28.0 Å². The van der Waals surface area contributed by atoms with Gasteiger partial charge < -0.3 is 20.7 Å². The Balaban J connectivity index is 2.04. The largest absolute Gasteiger partial charge is 0.512 e. The van der Waals surface area contributed by atoms with Gasteiger partial charge in [-0.1, -0.05) is 23.1 Å². The number of ether oxygens (including phenoxy) is 1. The molecule has 1 aromatic heterocycles. The monoisotopic (exact) mass is 329 g/mol. The number of carboxylic acid groups (broad SMARTS) is 1. The van der Waals surface area contributed by atoms with Crippen LogP contribution in [-0.2, 0) is 9.53 Å². The summed E-state index contributed by atoms with van der Waals surface area (Å²) in [5.41, 5.74) is 6.30. The zero-order chi connectivity index (χ0) is 15.3. The number of amides is 1. The highest BCUT2D eigenvalue weighted by molar-refractivity contribution is 8.09. The molecule has 1 aromatic rings. The molecular weight excluding hydrogens is 318 g/mol. The number of hydrogen-bond donors (Lipinski definition) is 3. The topological polar surface area (TPSA) is 126 Å². The lowest BCUT2D eigenvalue weighted by atomic mass is 10.00. The maximum absolute atomic E-state index is 11.9. The minimum Gasteiger partial charge on any atom is -0.449 e. The van der Waals surface area contributed by atoms with Crippen LogP contribution in [0.3, 0.4) is 0 Å². The normalized spacial score (nSPS) is 24.1. The molecule has 0 aliphatic carbocycles. The first-order chi connectivity index (χ1) is 9.93. The third-order valence-electron chi connectivity index (χ3n) is 3.21. The Labute approximate surface area is 127 Å². The highest BCUT2D eigenvalue weighted by atomic mass is 32.2. The second kappa shape index (κ2) is 4.90.